The molecule has 9 heteroatoms. The summed E-state index contributed by atoms with van der Waals surface area (Å²) in [4.78, 5) is 52.5. The fourth-order valence-electron chi connectivity index (χ4n) is 3.53. The van der Waals surface area contributed by atoms with Crippen LogP contribution in [0.15, 0.2) is 24.3 Å². The van der Waals surface area contributed by atoms with Gasteiger partial charge in [0, 0.05) is 13.1 Å². The zero-order chi connectivity index (χ0) is 27.3. The molecule has 202 valence electrons. The van der Waals surface area contributed by atoms with Crippen LogP contribution >= 0.6 is 0 Å². The lowest BCUT2D eigenvalue weighted by Gasteiger charge is -2.33. The number of carbonyl (C=O) groups is 4. The summed E-state index contributed by atoms with van der Waals surface area (Å²) < 4.78 is 10.2. The number of hydrogen-bond donors (Lipinski definition) is 2. The highest BCUT2D eigenvalue weighted by atomic mass is 16.6. The van der Waals surface area contributed by atoms with Crippen LogP contribution < -0.4 is 10.6 Å². The van der Waals surface area contributed by atoms with Crippen LogP contribution in [0.2, 0.25) is 0 Å². The van der Waals surface area contributed by atoms with Crippen molar-refractivity contribution in [2.24, 2.45) is 0 Å². The first kappa shape index (κ1) is 30.9. The molecule has 9 nitrogen and oxygen atoms in total. The van der Waals surface area contributed by atoms with Crippen molar-refractivity contribution in [2.45, 2.75) is 91.8 Å². The van der Waals surface area contributed by atoms with Crippen LogP contribution in [0.5, 0.6) is 0 Å². The quantitative estimate of drug-likeness (QED) is 0.309. The van der Waals surface area contributed by atoms with Crippen LogP contribution in [0.25, 0.3) is 0 Å². The number of amides is 3. The average Bonchev–Trinajstić information content (AvgIpc) is 2.78. The Balaban J connectivity index is 3.21. The van der Waals surface area contributed by atoms with E-state index in [1.54, 1.807) is 34.6 Å². The van der Waals surface area contributed by atoms with E-state index in [1.165, 1.54) is 4.90 Å². The summed E-state index contributed by atoms with van der Waals surface area (Å²) in [5, 5.41) is 5.36. The molecule has 0 aliphatic carbocycles. The van der Waals surface area contributed by atoms with Crippen molar-refractivity contribution in [3.05, 3.63) is 35.4 Å². The summed E-state index contributed by atoms with van der Waals surface area (Å²) in [5.41, 5.74) is 0.948. The minimum Gasteiger partial charge on any atom is -0.466 e. The smallest absolute Gasteiger partial charge is 0.408 e. The lowest BCUT2D eigenvalue weighted by molar-refractivity contribution is -0.144. The van der Waals surface area contributed by atoms with Gasteiger partial charge in [0.05, 0.1) is 13.0 Å². The molecule has 0 bridgehead atoms. The van der Waals surface area contributed by atoms with Crippen molar-refractivity contribution in [1.29, 1.82) is 0 Å². The molecule has 2 N–H and O–H groups in total. The highest BCUT2D eigenvalue weighted by Gasteiger charge is 2.34. The maximum absolute atomic E-state index is 13.6. The number of rotatable bonds is 13. The number of ether oxygens (including phenoxy) is 2. The lowest BCUT2D eigenvalue weighted by Crippen LogP contribution is -2.52. The summed E-state index contributed by atoms with van der Waals surface area (Å²) in [7, 11) is 0. The van der Waals surface area contributed by atoms with Crippen molar-refractivity contribution in [3.63, 3.8) is 0 Å². The summed E-state index contributed by atoms with van der Waals surface area (Å²) in [6.45, 7) is 13.2. The molecule has 2 atom stereocenters. The Kier molecular flexibility index (Phi) is 13.0. The molecule has 0 saturated heterocycles. The third kappa shape index (κ3) is 11.1. The molecular formula is C27H43N3O6. The van der Waals surface area contributed by atoms with E-state index >= 15 is 0 Å². The second-order valence-corrected chi connectivity index (χ2v) is 9.77. The SMILES string of the molecule is CCCCCN(C(=O)C(C)NC(=O)OC(C)(C)C)C(C(=O)NCCC(=O)OCC)c1ccc(C)cc1. The molecule has 2 unspecified atom stereocenters. The Morgan fingerprint density at radius 1 is 1.03 bits per heavy atom. The highest BCUT2D eigenvalue weighted by Crippen LogP contribution is 2.24. The molecule has 0 fully saturated rings. The van der Waals surface area contributed by atoms with Gasteiger partial charge in [-0.3, -0.25) is 14.4 Å². The fourth-order valence-corrected chi connectivity index (χ4v) is 3.53. The molecule has 0 saturated carbocycles. The van der Waals surface area contributed by atoms with Crippen LogP contribution in [0.1, 0.15) is 84.4 Å². The van der Waals surface area contributed by atoms with Gasteiger partial charge in [-0.15, -0.1) is 0 Å². The molecule has 1 aromatic carbocycles. The fraction of sp³-hybridized carbons (Fsp3) is 0.630. The number of unbranched alkanes of at least 4 members (excludes halogenated alkanes) is 2. The molecule has 0 aliphatic rings. The molecule has 0 aromatic heterocycles. The Bertz CT molecular complexity index is 863. The van der Waals surface area contributed by atoms with Crippen molar-refractivity contribution in [2.75, 3.05) is 19.7 Å². The van der Waals surface area contributed by atoms with Gasteiger partial charge >= 0.3 is 12.1 Å². The molecule has 36 heavy (non-hydrogen) atoms. The van der Waals surface area contributed by atoms with E-state index in [2.05, 4.69) is 17.6 Å². The Labute approximate surface area is 215 Å². The molecule has 0 radical (unpaired) electrons. The number of hydrogen-bond acceptors (Lipinski definition) is 6. The normalized spacial score (nSPS) is 12.8. The predicted octanol–water partition coefficient (Wildman–Crippen LogP) is 4.04. The monoisotopic (exact) mass is 505 g/mol. The molecule has 0 heterocycles. The van der Waals surface area contributed by atoms with Crippen molar-refractivity contribution in [3.8, 4) is 0 Å². The molecule has 0 spiro atoms. The third-order valence-corrected chi connectivity index (χ3v) is 5.28. The zero-order valence-electron chi connectivity index (χ0n) is 22.8. The Morgan fingerprint density at radius 3 is 2.22 bits per heavy atom. The van der Waals surface area contributed by atoms with Crippen molar-refractivity contribution in [1.82, 2.24) is 15.5 Å². The minimum absolute atomic E-state index is 0.0284. The largest absolute Gasteiger partial charge is 0.466 e. The van der Waals surface area contributed by atoms with Crippen LogP contribution in [-0.2, 0) is 23.9 Å². The first-order chi connectivity index (χ1) is 16.9. The number of nitrogens with one attached hydrogen (secondary N) is 2. The third-order valence-electron chi connectivity index (χ3n) is 5.28. The minimum atomic E-state index is -0.931. The van der Waals surface area contributed by atoms with Gasteiger partial charge in [-0.1, -0.05) is 49.6 Å². The second kappa shape index (κ2) is 15.1. The summed E-state index contributed by atoms with van der Waals surface area (Å²) >= 11 is 0. The van der Waals surface area contributed by atoms with E-state index in [-0.39, 0.29) is 19.6 Å². The molecular weight excluding hydrogens is 462 g/mol. The van der Waals surface area contributed by atoms with E-state index in [0.29, 0.717) is 18.5 Å². The van der Waals surface area contributed by atoms with Crippen molar-refractivity contribution >= 4 is 23.9 Å². The summed E-state index contributed by atoms with van der Waals surface area (Å²) in [6, 6.07) is 5.55. The van der Waals surface area contributed by atoms with Crippen LogP contribution in [0, 0.1) is 6.92 Å². The van der Waals surface area contributed by atoms with Gasteiger partial charge in [-0.25, -0.2) is 4.79 Å². The van der Waals surface area contributed by atoms with Gasteiger partial charge in [-0.2, -0.15) is 0 Å². The predicted molar refractivity (Wildman–Crippen MR) is 138 cm³/mol. The zero-order valence-corrected chi connectivity index (χ0v) is 22.8. The van der Waals surface area contributed by atoms with E-state index in [9.17, 15) is 19.2 Å². The number of alkyl carbamates (subject to hydrolysis) is 1. The standard InChI is InChI=1S/C27H43N3O6/c1-8-10-11-18-30(25(33)20(4)29-26(34)36-27(5,6)7)23(21-14-12-19(3)13-15-21)24(32)28-17-16-22(31)35-9-2/h12-15,20,23H,8-11,16-18H2,1-7H3,(H,28,32)(H,29,34). The van der Waals surface area contributed by atoms with E-state index in [4.69, 9.17) is 9.47 Å². The summed E-state index contributed by atoms with van der Waals surface area (Å²) in [6.07, 6.45) is 1.83. The van der Waals surface area contributed by atoms with Gasteiger partial charge in [0.1, 0.15) is 17.7 Å². The average molecular weight is 506 g/mol. The Hall–Kier alpha value is -3.10. The topological polar surface area (TPSA) is 114 Å². The molecule has 3 amide bonds. The molecule has 1 rings (SSSR count). The first-order valence-corrected chi connectivity index (χ1v) is 12.7. The number of nitrogens with zero attached hydrogens (tertiary/aromatic N) is 1. The molecule has 0 aliphatic heterocycles. The van der Waals surface area contributed by atoms with Crippen molar-refractivity contribution < 1.29 is 28.7 Å². The van der Waals surface area contributed by atoms with E-state index in [0.717, 1.165) is 18.4 Å². The van der Waals surface area contributed by atoms with Gasteiger partial charge in [0.2, 0.25) is 11.8 Å². The van der Waals surface area contributed by atoms with Gasteiger partial charge in [0.15, 0.2) is 0 Å². The molecule has 1 aromatic rings. The Morgan fingerprint density at radius 2 is 1.67 bits per heavy atom. The van der Waals surface area contributed by atoms with Gasteiger partial charge in [0.25, 0.3) is 0 Å². The number of aryl methyl sites for hydroxylation is 1. The second-order valence-electron chi connectivity index (χ2n) is 9.77. The van der Waals surface area contributed by atoms with Crippen LogP contribution in [-0.4, -0.2) is 60.1 Å². The van der Waals surface area contributed by atoms with Gasteiger partial charge < -0.3 is 25.0 Å². The highest BCUT2D eigenvalue weighted by molar-refractivity contribution is 5.92. The first-order valence-electron chi connectivity index (χ1n) is 12.7. The van der Waals surface area contributed by atoms with E-state index in [1.807, 2.05) is 31.2 Å². The van der Waals surface area contributed by atoms with E-state index < -0.39 is 41.6 Å². The maximum atomic E-state index is 13.6. The lowest BCUT2D eigenvalue weighted by atomic mass is 10.0. The number of benzene rings is 1. The number of esters is 1. The summed E-state index contributed by atoms with van der Waals surface area (Å²) in [5.74, 6) is -1.21. The number of carbonyl (C=O) groups excluding carboxylic acids is 4. The van der Waals surface area contributed by atoms with Crippen LogP contribution in [0.3, 0.4) is 0 Å². The van der Waals surface area contributed by atoms with Gasteiger partial charge in [-0.05, 0) is 53.5 Å². The van der Waals surface area contributed by atoms with Crippen LogP contribution in [0.4, 0.5) is 4.79 Å². The maximum Gasteiger partial charge on any atom is 0.408 e.